The third kappa shape index (κ3) is 2.09. The van der Waals surface area contributed by atoms with Crippen molar-refractivity contribution in [3.05, 3.63) is 0 Å². The number of methoxy groups -OCH3 is 2. The number of hydrogen-bond donors (Lipinski definition) is 2. The summed E-state index contributed by atoms with van der Waals surface area (Å²) in [5.41, 5.74) is 0. The van der Waals surface area contributed by atoms with E-state index in [1.165, 1.54) is 14.2 Å². The van der Waals surface area contributed by atoms with Gasteiger partial charge in [-0.05, 0) is 13.8 Å². The Morgan fingerprint density at radius 1 is 0.938 bits per heavy atom. The van der Waals surface area contributed by atoms with Gasteiger partial charge in [-0.3, -0.25) is 0 Å². The molecule has 1 fully saturated rings. The molecule has 96 valence electrons. The maximum Gasteiger partial charge on any atom is 0.220 e. The molecule has 6 heteroatoms. The van der Waals surface area contributed by atoms with E-state index in [0.717, 1.165) is 0 Å². The van der Waals surface area contributed by atoms with Gasteiger partial charge in [0.1, 0.15) is 12.2 Å². The minimum atomic E-state index is -1.14. The van der Waals surface area contributed by atoms with E-state index >= 15 is 0 Å². The molecule has 1 aliphatic rings. The van der Waals surface area contributed by atoms with Crippen molar-refractivity contribution < 1.29 is 29.2 Å². The first-order chi connectivity index (χ1) is 7.46. The van der Waals surface area contributed by atoms with E-state index in [-0.39, 0.29) is 13.2 Å². The lowest BCUT2D eigenvalue weighted by Gasteiger charge is -2.51. The van der Waals surface area contributed by atoms with Crippen molar-refractivity contribution >= 4 is 0 Å². The first-order valence-electron chi connectivity index (χ1n) is 5.14. The summed E-state index contributed by atoms with van der Waals surface area (Å²) in [5, 5.41) is 18.3. The van der Waals surface area contributed by atoms with Gasteiger partial charge in [0.25, 0.3) is 0 Å². The van der Waals surface area contributed by atoms with Crippen LogP contribution in [0.3, 0.4) is 0 Å². The Hall–Kier alpha value is -0.240. The maximum atomic E-state index is 9.15. The van der Waals surface area contributed by atoms with E-state index in [4.69, 9.17) is 29.2 Å². The molecule has 0 aliphatic carbocycles. The van der Waals surface area contributed by atoms with Crippen LogP contribution in [0.15, 0.2) is 0 Å². The van der Waals surface area contributed by atoms with Crippen molar-refractivity contribution in [2.24, 2.45) is 0 Å². The normalized spacial score (nSPS) is 44.6. The number of aliphatic hydroxyl groups is 2. The summed E-state index contributed by atoms with van der Waals surface area (Å²) < 4.78 is 21.7. The molecule has 4 atom stereocenters. The SMILES string of the molecule is COC1(C)O[C@@H](CO)[C@@H](CO)O[C@@]1(C)OC. The summed E-state index contributed by atoms with van der Waals surface area (Å²) in [6.45, 7) is 2.80. The number of rotatable bonds is 4. The van der Waals surface area contributed by atoms with Crippen molar-refractivity contribution in [3.8, 4) is 0 Å². The molecule has 1 saturated heterocycles. The van der Waals surface area contributed by atoms with Gasteiger partial charge in [0, 0.05) is 14.2 Å². The van der Waals surface area contributed by atoms with Gasteiger partial charge in [-0.25, -0.2) is 0 Å². The van der Waals surface area contributed by atoms with Crippen LogP contribution in [-0.4, -0.2) is 61.4 Å². The van der Waals surface area contributed by atoms with E-state index in [2.05, 4.69) is 0 Å². The van der Waals surface area contributed by atoms with E-state index in [9.17, 15) is 0 Å². The van der Waals surface area contributed by atoms with Crippen LogP contribution in [0.2, 0.25) is 0 Å². The summed E-state index contributed by atoms with van der Waals surface area (Å²) in [6.07, 6.45) is -1.28. The van der Waals surface area contributed by atoms with Crippen LogP contribution < -0.4 is 0 Å². The molecule has 1 heterocycles. The van der Waals surface area contributed by atoms with Crippen LogP contribution in [0.25, 0.3) is 0 Å². The Labute approximate surface area is 95.1 Å². The van der Waals surface area contributed by atoms with Crippen LogP contribution in [-0.2, 0) is 18.9 Å². The molecule has 0 spiro atoms. The van der Waals surface area contributed by atoms with Crippen molar-refractivity contribution in [3.63, 3.8) is 0 Å². The molecular weight excluding hydrogens is 216 g/mol. The Morgan fingerprint density at radius 3 is 1.44 bits per heavy atom. The van der Waals surface area contributed by atoms with Gasteiger partial charge < -0.3 is 29.2 Å². The quantitative estimate of drug-likeness (QED) is 0.684. The van der Waals surface area contributed by atoms with Crippen LogP contribution in [0.1, 0.15) is 13.8 Å². The molecular formula is C10H20O6. The third-order valence-electron chi connectivity index (χ3n) is 3.13. The molecule has 1 unspecified atom stereocenters. The summed E-state index contributed by atoms with van der Waals surface area (Å²) in [5.74, 6) is -2.28. The molecule has 1 rings (SSSR count). The van der Waals surface area contributed by atoms with Crippen molar-refractivity contribution in [1.29, 1.82) is 0 Å². The van der Waals surface area contributed by atoms with Gasteiger partial charge in [0.2, 0.25) is 11.6 Å². The van der Waals surface area contributed by atoms with Crippen LogP contribution in [0.4, 0.5) is 0 Å². The number of ether oxygens (including phenoxy) is 4. The fourth-order valence-electron chi connectivity index (χ4n) is 1.72. The Bertz CT molecular complexity index is 211. The summed E-state index contributed by atoms with van der Waals surface area (Å²) in [6, 6.07) is 0. The second-order valence-electron chi connectivity index (χ2n) is 3.98. The lowest BCUT2D eigenvalue weighted by atomic mass is 10.0. The zero-order valence-electron chi connectivity index (χ0n) is 10.1. The zero-order chi connectivity index (χ0) is 12.4. The van der Waals surface area contributed by atoms with E-state index < -0.39 is 23.8 Å². The van der Waals surface area contributed by atoms with Gasteiger partial charge >= 0.3 is 0 Å². The lowest BCUT2D eigenvalue weighted by molar-refractivity contribution is -0.451. The highest BCUT2D eigenvalue weighted by molar-refractivity contribution is 4.90. The van der Waals surface area contributed by atoms with Gasteiger partial charge in [-0.1, -0.05) is 0 Å². The minimum Gasteiger partial charge on any atom is -0.394 e. The van der Waals surface area contributed by atoms with E-state index in [1.54, 1.807) is 13.8 Å². The second-order valence-corrected chi connectivity index (χ2v) is 3.98. The number of hydrogen-bond acceptors (Lipinski definition) is 6. The third-order valence-corrected chi connectivity index (χ3v) is 3.13. The predicted octanol–water partition coefficient (Wildman–Crippen LogP) is -0.520. The molecule has 2 N–H and O–H groups in total. The molecule has 0 aromatic carbocycles. The van der Waals surface area contributed by atoms with Gasteiger partial charge in [0.15, 0.2) is 0 Å². The molecule has 0 bridgehead atoms. The zero-order valence-corrected chi connectivity index (χ0v) is 10.1. The lowest BCUT2D eigenvalue weighted by Crippen LogP contribution is -2.66. The van der Waals surface area contributed by atoms with Crippen LogP contribution in [0, 0.1) is 0 Å². The fourth-order valence-corrected chi connectivity index (χ4v) is 1.72. The average molecular weight is 236 g/mol. The molecule has 0 aromatic rings. The average Bonchev–Trinajstić information content (AvgIpc) is 2.31. The molecule has 0 aromatic heterocycles. The smallest absolute Gasteiger partial charge is 0.220 e. The molecule has 0 saturated carbocycles. The van der Waals surface area contributed by atoms with Gasteiger partial charge in [-0.2, -0.15) is 0 Å². The topological polar surface area (TPSA) is 77.4 Å². The predicted molar refractivity (Wildman–Crippen MR) is 54.7 cm³/mol. The monoisotopic (exact) mass is 236 g/mol. The van der Waals surface area contributed by atoms with Gasteiger partial charge in [-0.15, -0.1) is 0 Å². The highest BCUT2D eigenvalue weighted by Gasteiger charge is 2.56. The second kappa shape index (κ2) is 4.95. The summed E-state index contributed by atoms with van der Waals surface area (Å²) in [4.78, 5) is 0. The Morgan fingerprint density at radius 2 is 1.25 bits per heavy atom. The summed E-state index contributed by atoms with van der Waals surface area (Å²) in [7, 11) is 2.93. The molecule has 1 aliphatic heterocycles. The summed E-state index contributed by atoms with van der Waals surface area (Å²) >= 11 is 0. The van der Waals surface area contributed by atoms with E-state index in [0.29, 0.717) is 0 Å². The maximum absolute atomic E-state index is 9.15. The largest absolute Gasteiger partial charge is 0.394 e. The standard InChI is InChI=1S/C10H20O6/c1-9(13-3)10(2,14-4)16-8(6-12)7(5-11)15-9/h7-8,11-12H,5-6H2,1-4H3/t7-,8+,9-,10?/m1/s1. The highest BCUT2D eigenvalue weighted by Crippen LogP contribution is 2.38. The van der Waals surface area contributed by atoms with Crippen LogP contribution in [0.5, 0.6) is 0 Å². The van der Waals surface area contributed by atoms with Crippen LogP contribution >= 0.6 is 0 Å². The molecule has 16 heavy (non-hydrogen) atoms. The van der Waals surface area contributed by atoms with Gasteiger partial charge in [0.05, 0.1) is 13.2 Å². The molecule has 6 nitrogen and oxygen atoms in total. The van der Waals surface area contributed by atoms with E-state index in [1.807, 2.05) is 0 Å². The minimum absolute atomic E-state index is 0.260. The number of aliphatic hydroxyl groups excluding tert-OH is 2. The first kappa shape index (κ1) is 13.8. The fraction of sp³-hybridized carbons (Fsp3) is 1.00. The van der Waals surface area contributed by atoms with Crippen molar-refractivity contribution in [2.45, 2.75) is 37.6 Å². The Balaban J connectivity index is 2.94. The molecule has 0 radical (unpaired) electrons. The highest BCUT2D eigenvalue weighted by atomic mass is 16.8. The first-order valence-corrected chi connectivity index (χ1v) is 5.14. The molecule has 0 amide bonds. The van der Waals surface area contributed by atoms with Crippen molar-refractivity contribution in [2.75, 3.05) is 27.4 Å². The Kier molecular flexibility index (Phi) is 4.28. The van der Waals surface area contributed by atoms with Crippen molar-refractivity contribution in [1.82, 2.24) is 0 Å².